The van der Waals surface area contributed by atoms with Crippen molar-refractivity contribution in [2.24, 2.45) is 0 Å². The van der Waals surface area contributed by atoms with Crippen molar-refractivity contribution in [1.29, 1.82) is 0 Å². The topological polar surface area (TPSA) is 104 Å². The van der Waals surface area contributed by atoms with Crippen LogP contribution >= 0.6 is 0 Å². The lowest BCUT2D eigenvalue weighted by molar-refractivity contribution is -0.140. The van der Waals surface area contributed by atoms with Crippen LogP contribution in [0.15, 0.2) is 42.0 Å². The SMILES string of the molecule is CCOc1ccc(C(O)=C2C(=O)C(=O)N(CC3CCCO3)C2c2cc(OC)c(OC)c(OC)c2)cc1. The summed E-state index contributed by atoms with van der Waals surface area (Å²) in [6, 6.07) is 9.21. The maximum atomic E-state index is 13.3. The summed E-state index contributed by atoms with van der Waals surface area (Å²) in [6.07, 6.45) is 1.47. The second-order valence-corrected chi connectivity index (χ2v) is 8.50. The van der Waals surface area contributed by atoms with E-state index in [0.717, 1.165) is 12.8 Å². The lowest BCUT2D eigenvalue weighted by atomic mass is 9.94. The molecular formula is C27H31NO8. The summed E-state index contributed by atoms with van der Waals surface area (Å²) in [5.41, 5.74) is 0.914. The molecule has 1 amide bonds. The van der Waals surface area contributed by atoms with Gasteiger partial charge in [0.05, 0.1) is 45.7 Å². The minimum absolute atomic E-state index is 0.0172. The Balaban J connectivity index is 1.87. The molecule has 192 valence electrons. The zero-order valence-electron chi connectivity index (χ0n) is 20.9. The molecule has 1 N–H and O–H groups in total. The molecule has 2 fully saturated rings. The molecule has 2 aliphatic rings. The summed E-state index contributed by atoms with van der Waals surface area (Å²) >= 11 is 0. The number of carbonyl (C=O) groups excluding carboxylic acids is 2. The zero-order valence-corrected chi connectivity index (χ0v) is 20.9. The van der Waals surface area contributed by atoms with Crippen molar-refractivity contribution in [3.05, 3.63) is 53.1 Å². The lowest BCUT2D eigenvalue weighted by Gasteiger charge is -2.28. The molecule has 36 heavy (non-hydrogen) atoms. The van der Waals surface area contributed by atoms with E-state index in [4.69, 9.17) is 23.7 Å². The first-order valence-electron chi connectivity index (χ1n) is 11.9. The molecule has 0 aliphatic carbocycles. The quantitative estimate of drug-likeness (QED) is 0.318. The second-order valence-electron chi connectivity index (χ2n) is 8.50. The van der Waals surface area contributed by atoms with Crippen molar-refractivity contribution in [3.63, 3.8) is 0 Å². The van der Waals surface area contributed by atoms with Crippen LogP contribution in [0, 0.1) is 0 Å². The second kappa shape index (κ2) is 10.9. The highest BCUT2D eigenvalue weighted by Crippen LogP contribution is 2.46. The molecule has 2 heterocycles. The minimum atomic E-state index is -0.880. The van der Waals surface area contributed by atoms with Crippen molar-refractivity contribution in [2.45, 2.75) is 31.9 Å². The summed E-state index contributed by atoms with van der Waals surface area (Å²) < 4.78 is 27.7. The Labute approximate surface area is 210 Å². The molecule has 2 aliphatic heterocycles. The largest absolute Gasteiger partial charge is 0.507 e. The predicted molar refractivity (Wildman–Crippen MR) is 132 cm³/mol. The fourth-order valence-electron chi connectivity index (χ4n) is 4.71. The summed E-state index contributed by atoms with van der Waals surface area (Å²) in [6.45, 7) is 3.20. The van der Waals surface area contributed by atoms with Gasteiger partial charge in [0.25, 0.3) is 11.7 Å². The van der Waals surface area contributed by atoms with Gasteiger partial charge in [0, 0.05) is 18.7 Å². The first-order valence-corrected chi connectivity index (χ1v) is 11.9. The van der Waals surface area contributed by atoms with Crippen LogP contribution in [0.2, 0.25) is 0 Å². The van der Waals surface area contributed by atoms with Crippen molar-refractivity contribution >= 4 is 17.4 Å². The number of Topliss-reactive ketones (excluding diaryl/α,β-unsaturated/α-hetero) is 1. The number of hydrogen-bond donors (Lipinski definition) is 1. The standard InChI is InChI=1S/C27H31NO8/c1-5-35-18-10-8-16(9-11-18)24(29)22-23(17-13-20(32-2)26(34-4)21(14-17)33-3)28(27(31)25(22)30)15-19-7-6-12-36-19/h8-11,13-14,19,23,29H,5-7,12,15H2,1-4H3. The van der Waals surface area contributed by atoms with E-state index in [-0.39, 0.29) is 24.0 Å². The molecule has 2 aromatic rings. The summed E-state index contributed by atoms with van der Waals surface area (Å²) in [5.74, 6) is 0.0199. The number of ketones is 1. The van der Waals surface area contributed by atoms with Gasteiger partial charge >= 0.3 is 0 Å². The smallest absolute Gasteiger partial charge is 0.295 e. The molecule has 2 unspecified atom stereocenters. The maximum Gasteiger partial charge on any atom is 0.295 e. The van der Waals surface area contributed by atoms with Gasteiger partial charge in [-0.25, -0.2) is 0 Å². The lowest BCUT2D eigenvalue weighted by Crippen LogP contribution is -2.36. The number of methoxy groups -OCH3 is 3. The Morgan fingerprint density at radius 2 is 1.72 bits per heavy atom. The summed E-state index contributed by atoms with van der Waals surface area (Å²) in [4.78, 5) is 28.0. The summed E-state index contributed by atoms with van der Waals surface area (Å²) in [7, 11) is 4.48. The van der Waals surface area contributed by atoms with Gasteiger partial charge in [-0.2, -0.15) is 0 Å². The molecule has 2 aromatic carbocycles. The maximum absolute atomic E-state index is 13.3. The molecule has 0 aromatic heterocycles. The van der Waals surface area contributed by atoms with E-state index in [1.54, 1.807) is 36.4 Å². The minimum Gasteiger partial charge on any atom is -0.507 e. The van der Waals surface area contributed by atoms with E-state index < -0.39 is 17.7 Å². The van der Waals surface area contributed by atoms with Crippen LogP contribution in [0.3, 0.4) is 0 Å². The molecule has 9 nitrogen and oxygen atoms in total. The van der Waals surface area contributed by atoms with Crippen molar-refractivity contribution < 1.29 is 38.4 Å². The van der Waals surface area contributed by atoms with E-state index in [9.17, 15) is 14.7 Å². The Hall–Kier alpha value is -3.72. The van der Waals surface area contributed by atoms with E-state index in [0.29, 0.717) is 47.3 Å². The number of amides is 1. The molecule has 2 atom stereocenters. The number of ether oxygens (including phenoxy) is 5. The van der Waals surface area contributed by atoms with Crippen LogP contribution in [-0.4, -0.2) is 68.9 Å². The fourth-order valence-corrected chi connectivity index (χ4v) is 4.71. The number of aliphatic hydroxyl groups excluding tert-OH is 1. The number of likely N-dealkylation sites (tertiary alicyclic amines) is 1. The van der Waals surface area contributed by atoms with E-state index in [1.165, 1.54) is 26.2 Å². The van der Waals surface area contributed by atoms with Crippen LogP contribution in [-0.2, 0) is 14.3 Å². The molecular weight excluding hydrogens is 466 g/mol. The normalized spacial score (nSPS) is 21.1. The molecule has 9 heteroatoms. The third-order valence-corrected chi connectivity index (χ3v) is 6.41. The number of aliphatic hydroxyl groups is 1. The average Bonchev–Trinajstić information content (AvgIpc) is 3.50. The Kier molecular flexibility index (Phi) is 7.69. The Morgan fingerprint density at radius 3 is 2.25 bits per heavy atom. The monoisotopic (exact) mass is 497 g/mol. The Bertz CT molecular complexity index is 1130. The number of hydrogen-bond acceptors (Lipinski definition) is 8. The van der Waals surface area contributed by atoms with Gasteiger partial charge in [-0.1, -0.05) is 0 Å². The third-order valence-electron chi connectivity index (χ3n) is 6.41. The van der Waals surface area contributed by atoms with Gasteiger partial charge in [-0.05, 0) is 61.7 Å². The van der Waals surface area contributed by atoms with Crippen molar-refractivity contribution in [3.8, 4) is 23.0 Å². The van der Waals surface area contributed by atoms with Gasteiger partial charge in [0.1, 0.15) is 11.5 Å². The molecule has 0 saturated carbocycles. The molecule has 2 saturated heterocycles. The van der Waals surface area contributed by atoms with Gasteiger partial charge < -0.3 is 33.7 Å². The van der Waals surface area contributed by atoms with Gasteiger partial charge in [-0.15, -0.1) is 0 Å². The van der Waals surface area contributed by atoms with Gasteiger partial charge in [-0.3, -0.25) is 9.59 Å². The van der Waals surface area contributed by atoms with Crippen LogP contribution in [0.25, 0.3) is 5.76 Å². The first-order chi connectivity index (χ1) is 17.4. The highest BCUT2D eigenvalue weighted by Gasteiger charge is 2.47. The molecule has 0 radical (unpaired) electrons. The van der Waals surface area contributed by atoms with Crippen molar-refractivity contribution in [2.75, 3.05) is 41.1 Å². The highest BCUT2D eigenvalue weighted by atomic mass is 16.5. The number of nitrogens with zero attached hydrogens (tertiary/aromatic N) is 1. The number of carbonyl (C=O) groups is 2. The summed E-state index contributed by atoms with van der Waals surface area (Å²) in [5, 5.41) is 11.3. The van der Waals surface area contributed by atoms with E-state index >= 15 is 0 Å². The van der Waals surface area contributed by atoms with Crippen LogP contribution < -0.4 is 18.9 Å². The Morgan fingerprint density at radius 1 is 1.06 bits per heavy atom. The molecule has 0 bridgehead atoms. The fraction of sp³-hybridized carbons (Fsp3) is 0.407. The highest BCUT2D eigenvalue weighted by molar-refractivity contribution is 6.46. The number of benzene rings is 2. The van der Waals surface area contributed by atoms with E-state index in [1.807, 2.05) is 6.92 Å². The molecule has 0 spiro atoms. The average molecular weight is 498 g/mol. The predicted octanol–water partition coefficient (Wildman–Crippen LogP) is 3.71. The zero-order chi connectivity index (χ0) is 25.8. The van der Waals surface area contributed by atoms with Crippen LogP contribution in [0.4, 0.5) is 0 Å². The van der Waals surface area contributed by atoms with Gasteiger partial charge in [0.15, 0.2) is 11.5 Å². The first kappa shape index (κ1) is 25.4. The third kappa shape index (κ3) is 4.70. The van der Waals surface area contributed by atoms with Crippen LogP contribution in [0.5, 0.6) is 23.0 Å². The van der Waals surface area contributed by atoms with Crippen molar-refractivity contribution in [1.82, 2.24) is 4.90 Å². The van der Waals surface area contributed by atoms with E-state index in [2.05, 4.69) is 0 Å². The molecule has 4 rings (SSSR count). The van der Waals surface area contributed by atoms with Crippen LogP contribution in [0.1, 0.15) is 36.9 Å². The number of rotatable bonds is 9. The van der Waals surface area contributed by atoms with Gasteiger partial charge in [0.2, 0.25) is 5.75 Å².